The summed E-state index contributed by atoms with van der Waals surface area (Å²) in [5.74, 6) is -1.82. The van der Waals surface area contributed by atoms with Crippen molar-refractivity contribution < 1.29 is 14.7 Å². The van der Waals surface area contributed by atoms with Gasteiger partial charge in [-0.25, -0.2) is 0 Å². The minimum Gasteiger partial charge on any atom is -0.481 e. The van der Waals surface area contributed by atoms with E-state index in [-0.39, 0.29) is 12.5 Å². The zero-order chi connectivity index (χ0) is 13.5. The Balaban J connectivity index is 2.47. The third-order valence-corrected chi connectivity index (χ3v) is 2.77. The highest BCUT2D eigenvalue weighted by molar-refractivity contribution is 9.10. The Labute approximate surface area is 114 Å². The van der Waals surface area contributed by atoms with Gasteiger partial charge >= 0.3 is 5.97 Å². The van der Waals surface area contributed by atoms with E-state index in [4.69, 9.17) is 5.11 Å². The van der Waals surface area contributed by atoms with Crippen molar-refractivity contribution in [2.24, 2.45) is 5.92 Å². The molecule has 0 bridgehead atoms. The molecule has 96 valence electrons. The number of carbonyl (C=O) groups excluding carboxylic acids is 1. The van der Waals surface area contributed by atoms with Crippen molar-refractivity contribution in [3.8, 4) is 0 Å². The van der Waals surface area contributed by atoms with Crippen LogP contribution in [0.3, 0.4) is 0 Å². The topological polar surface area (TPSA) is 66.4 Å². The number of aliphatic carboxylic acids is 1. The Morgan fingerprint density at radius 3 is 2.83 bits per heavy atom. The quantitative estimate of drug-likeness (QED) is 0.820. The Morgan fingerprint density at radius 2 is 2.22 bits per heavy atom. The van der Waals surface area contributed by atoms with Crippen molar-refractivity contribution in [3.63, 3.8) is 0 Å². The smallest absolute Gasteiger partial charge is 0.308 e. The third-order valence-electron chi connectivity index (χ3n) is 2.28. The monoisotopic (exact) mass is 311 g/mol. The Hall–Kier alpha value is -1.62. The van der Waals surface area contributed by atoms with Gasteiger partial charge in [-0.05, 0) is 23.8 Å². The van der Waals surface area contributed by atoms with E-state index >= 15 is 0 Å². The molecule has 1 unspecified atom stereocenters. The number of amides is 1. The second kappa shape index (κ2) is 6.96. The lowest BCUT2D eigenvalue weighted by molar-refractivity contribution is -0.141. The molecule has 18 heavy (non-hydrogen) atoms. The molecular formula is C13H14BrNO3. The van der Waals surface area contributed by atoms with Crippen LogP contribution in [-0.4, -0.2) is 23.5 Å². The van der Waals surface area contributed by atoms with Crippen LogP contribution in [-0.2, 0) is 9.59 Å². The van der Waals surface area contributed by atoms with E-state index in [0.717, 1.165) is 10.0 Å². The van der Waals surface area contributed by atoms with Crippen LogP contribution in [0.25, 0.3) is 6.08 Å². The van der Waals surface area contributed by atoms with E-state index in [2.05, 4.69) is 21.2 Å². The molecule has 0 spiro atoms. The van der Waals surface area contributed by atoms with Crippen LogP contribution in [0, 0.1) is 5.92 Å². The number of carboxylic acids is 1. The third kappa shape index (κ3) is 5.14. The van der Waals surface area contributed by atoms with Crippen LogP contribution in [0.5, 0.6) is 0 Å². The van der Waals surface area contributed by atoms with Crippen molar-refractivity contribution in [3.05, 3.63) is 40.4 Å². The van der Waals surface area contributed by atoms with Crippen molar-refractivity contribution in [2.75, 3.05) is 6.54 Å². The summed E-state index contributed by atoms with van der Waals surface area (Å²) < 4.78 is 0.935. The summed E-state index contributed by atoms with van der Waals surface area (Å²) in [5, 5.41) is 11.2. The second-order valence-corrected chi connectivity index (χ2v) is 4.79. The number of hydrogen-bond acceptors (Lipinski definition) is 2. The number of nitrogens with one attached hydrogen (secondary N) is 1. The number of carbonyl (C=O) groups is 2. The lowest BCUT2D eigenvalue weighted by atomic mass is 10.2. The fourth-order valence-corrected chi connectivity index (χ4v) is 1.60. The zero-order valence-electron chi connectivity index (χ0n) is 9.89. The largest absolute Gasteiger partial charge is 0.481 e. The zero-order valence-corrected chi connectivity index (χ0v) is 11.5. The summed E-state index contributed by atoms with van der Waals surface area (Å²) >= 11 is 3.34. The molecule has 0 saturated carbocycles. The van der Waals surface area contributed by atoms with Gasteiger partial charge in [0.15, 0.2) is 0 Å². The number of halogens is 1. The van der Waals surface area contributed by atoms with Gasteiger partial charge in [-0.1, -0.05) is 35.0 Å². The van der Waals surface area contributed by atoms with Crippen molar-refractivity contribution in [1.82, 2.24) is 5.32 Å². The predicted octanol–water partition coefficient (Wildman–Crippen LogP) is 2.30. The molecule has 1 atom stereocenters. The first-order valence-electron chi connectivity index (χ1n) is 5.43. The molecule has 0 aliphatic carbocycles. The van der Waals surface area contributed by atoms with E-state index < -0.39 is 11.9 Å². The summed E-state index contributed by atoms with van der Waals surface area (Å²) in [7, 11) is 0. The summed E-state index contributed by atoms with van der Waals surface area (Å²) in [6, 6.07) is 7.51. The Bertz CT molecular complexity index is 471. The number of rotatable bonds is 5. The predicted molar refractivity (Wildman–Crippen MR) is 73.0 cm³/mol. The number of benzene rings is 1. The molecule has 0 aliphatic heterocycles. The first-order chi connectivity index (χ1) is 8.49. The van der Waals surface area contributed by atoms with E-state index in [1.165, 1.54) is 6.08 Å². The fourth-order valence-electron chi connectivity index (χ4n) is 1.18. The van der Waals surface area contributed by atoms with Crippen LogP contribution in [0.4, 0.5) is 0 Å². The van der Waals surface area contributed by atoms with Gasteiger partial charge in [0.05, 0.1) is 5.92 Å². The molecule has 0 radical (unpaired) electrons. The number of carboxylic acid groups (broad SMARTS) is 1. The van der Waals surface area contributed by atoms with Crippen LogP contribution in [0.15, 0.2) is 34.8 Å². The molecule has 4 nitrogen and oxygen atoms in total. The molecule has 1 rings (SSSR count). The molecule has 0 saturated heterocycles. The molecule has 0 heterocycles. The summed E-state index contributed by atoms with van der Waals surface area (Å²) in [6.45, 7) is 1.66. The highest BCUT2D eigenvalue weighted by Crippen LogP contribution is 2.12. The average Bonchev–Trinajstić information content (AvgIpc) is 2.33. The van der Waals surface area contributed by atoms with E-state index in [9.17, 15) is 9.59 Å². The molecule has 1 aromatic carbocycles. The lowest BCUT2D eigenvalue weighted by Gasteiger charge is -2.05. The highest BCUT2D eigenvalue weighted by atomic mass is 79.9. The maximum absolute atomic E-state index is 11.4. The van der Waals surface area contributed by atoms with Gasteiger partial charge in [0.2, 0.25) is 5.91 Å². The summed E-state index contributed by atoms with van der Waals surface area (Å²) in [6.07, 6.45) is 3.06. The average molecular weight is 312 g/mol. The van der Waals surface area contributed by atoms with Crippen molar-refractivity contribution in [1.29, 1.82) is 0 Å². The first-order valence-corrected chi connectivity index (χ1v) is 6.22. The van der Waals surface area contributed by atoms with E-state index in [1.807, 2.05) is 24.3 Å². The molecule has 0 fully saturated rings. The molecule has 0 aromatic heterocycles. The van der Waals surface area contributed by atoms with Crippen LogP contribution in [0.2, 0.25) is 0 Å². The maximum Gasteiger partial charge on any atom is 0.308 e. The Morgan fingerprint density at radius 1 is 1.50 bits per heavy atom. The lowest BCUT2D eigenvalue weighted by Crippen LogP contribution is -2.30. The van der Waals surface area contributed by atoms with Crippen LogP contribution in [0.1, 0.15) is 12.5 Å². The minimum atomic E-state index is -0.925. The summed E-state index contributed by atoms with van der Waals surface area (Å²) in [4.78, 5) is 22.0. The van der Waals surface area contributed by atoms with E-state index in [0.29, 0.717) is 0 Å². The van der Waals surface area contributed by atoms with Gasteiger partial charge in [0, 0.05) is 17.1 Å². The molecule has 1 aromatic rings. The molecular weight excluding hydrogens is 298 g/mol. The normalized spacial score (nSPS) is 12.3. The van der Waals surface area contributed by atoms with Gasteiger partial charge in [-0.15, -0.1) is 0 Å². The SMILES string of the molecule is CC(CNC(=O)C=Cc1cccc(Br)c1)C(=O)O. The minimum absolute atomic E-state index is 0.122. The van der Waals surface area contributed by atoms with Crippen LogP contribution < -0.4 is 5.32 Å². The number of hydrogen-bond donors (Lipinski definition) is 2. The van der Waals surface area contributed by atoms with Crippen molar-refractivity contribution >= 4 is 33.9 Å². The highest BCUT2D eigenvalue weighted by Gasteiger charge is 2.10. The van der Waals surface area contributed by atoms with E-state index in [1.54, 1.807) is 13.0 Å². The summed E-state index contributed by atoms with van der Waals surface area (Å²) in [5.41, 5.74) is 0.894. The molecule has 1 amide bonds. The van der Waals surface area contributed by atoms with Crippen LogP contribution >= 0.6 is 15.9 Å². The molecule has 0 aliphatic rings. The Kier molecular flexibility index (Phi) is 5.58. The van der Waals surface area contributed by atoms with Gasteiger partial charge in [-0.2, -0.15) is 0 Å². The van der Waals surface area contributed by atoms with Crippen molar-refractivity contribution in [2.45, 2.75) is 6.92 Å². The molecule has 2 N–H and O–H groups in total. The van der Waals surface area contributed by atoms with Gasteiger partial charge in [-0.3, -0.25) is 9.59 Å². The van der Waals surface area contributed by atoms with Gasteiger partial charge in [0.1, 0.15) is 0 Å². The van der Waals surface area contributed by atoms with Gasteiger partial charge < -0.3 is 10.4 Å². The second-order valence-electron chi connectivity index (χ2n) is 3.87. The standard InChI is InChI=1S/C13H14BrNO3/c1-9(13(17)18)8-15-12(16)6-5-10-3-2-4-11(14)7-10/h2-7,9H,8H2,1H3,(H,15,16)(H,17,18). The van der Waals surface area contributed by atoms with Gasteiger partial charge in [0.25, 0.3) is 0 Å². The molecule has 5 heteroatoms. The first kappa shape index (κ1) is 14.4. The maximum atomic E-state index is 11.4. The fraction of sp³-hybridized carbons (Fsp3) is 0.231.